The summed E-state index contributed by atoms with van der Waals surface area (Å²) in [6.45, 7) is 2.73. The Labute approximate surface area is 94.9 Å². The van der Waals surface area contributed by atoms with Crippen LogP contribution in [-0.2, 0) is 17.8 Å². The molecular weight excluding hydrogens is 210 g/mol. The minimum Gasteiger partial charge on any atom is -0.349 e. The summed E-state index contributed by atoms with van der Waals surface area (Å²) in [6, 6.07) is 0. The van der Waals surface area contributed by atoms with Gasteiger partial charge in [0.05, 0.1) is 0 Å². The predicted octanol–water partition coefficient (Wildman–Crippen LogP) is 1.59. The van der Waals surface area contributed by atoms with Crippen molar-refractivity contribution in [3.05, 3.63) is 16.7 Å². The first kappa shape index (κ1) is 12.0. The van der Waals surface area contributed by atoms with Crippen LogP contribution in [0.2, 0.25) is 0 Å². The second kappa shape index (κ2) is 5.11. The molecule has 0 unspecified atom stereocenters. The van der Waals surface area contributed by atoms with Crippen molar-refractivity contribution >= 4 is 18.1 Å². The number of carbonyl (C=O) groups excluding carboxylic acids is 1. The summed E-state index contributed by atoms with van der Waals surface area (Å²) in [5, 5.41) is 0. The summed E-state index contributed by atoms with van der Waals surface area (Å²) >= 11 is 5.14. The third-order valence-corrected chi connectivity index (χ3v) is 2.70. The molecule has 0 radical (unpaired) electrons. The first-order valence-corrected chi connectivity index (χ1v) is 5.44. The minimum absolute atomic E-state index is 0.125. The lowest BCUT2D eigenvalue weighted by Gasteiger charge is -2.11. The molecule has 0 saturated heterocycles. The molecule has 1 N–H and O–H groups in total. The maximum absolute atomic E-state index is 11.4. The van der Waals surface area contributed by atoms with Crippen LogP contribution in [0.25, 0.3) is 0 Å². The number of rotatable bonds is 4. The highest BCUT2D eigenvalue weighted by Crippen LogP contribution is 2.04. The number of H-pyrrole nitrogens is 1. The Kier molecular flexibility index (Phi) is 4.08. The second-order valence-electron chi connectivity index (χ2n) is 3.63. The molecule has 0 atom stereocenters. The van der Waals surface area contributed by atoms with E-state index in [9.17, 15) is 4.79 Å². The molecule has 1 heterocycles. The highest BCUT2D eigenvalue weighted by Gasteiger charge is 2.06. The Morgan fingerprint density at radius 2 is 2.27 bits per heavy atom. The van der Waals surface area contributed by atoms with Crippen molar-refractivity contribution < 1.29 is 4.79 Å². The zero-order chi connectivity index (χ0) is 11.4. The van der Waals surface area contributed by atoms with Crippen molar-refractivity contribution in [1.29, 1.82) is 0 Å². The molecule has 84 valence electrons. The van der Waals surface area contributed by atoms with Gasteiger partial charge in [0.1, 0.15) is 0 Å². The maximum Gasteiger partial charge on any atom is 0.223 e. The Morgan fingerprint density at radius 1 is 1.60 bits per heavy atom. The highest BCUT2D eigenvalue weighted by atomic mass is 32.1. The molecule has 4 nitrogen and oxygen atoms in total. The van der Waals surface area contributed by atoms with Gasteiger partial charge in [0, 0.05) is 39.0 Å². The minimum atomic E-state index is 0.125. The number of nitrogens with one attached hydrogen (secondary N) is 1. The number of imidazole rings is 1. The van der Waals surface area contributed by atoms with Crippen LogP contribution >= 0.6 is 12.2 Å². The van der Waals surface area contributed by atoms with Crippen LogP contribution in [0.5, 0.6) is 0 Å². The van der Waals surface area contributed by atoms with Gasteiger partial charge in [-0.3, -0.25) is 4.79 Å². The average Bonchev–Trinajstić information content (AvgIpc) is 2.55. The smallest absolute Gasteiger partial charge is 0.223 e. The van der Waals surface area contributed by atoms with E-state index in [1.165, 1.54) is 0 Å². The molecule has 0 aliphatic carbocycles. The van der Waals surface area contributed by atoms with Gasteiger partial charge in [-0.2, -0.15) is 0 Å². The molecule has 1 rings (SSSR count). The van der Waals surface area contributed by atoms with E-state index in [2.05, 4.69) is 11.9 Å². The molecule has 0 aliphatic rings. The monoisotopic (exact) mass is 227 g/mol. The molecule has 0 fully saturated rings. The summed E-state index contributed by atoms with van der Waals surface area (Å²) in [5.41, 5.74) is 1.14. The van der Waals surface area contributed by atoms with Crippen LogP contribution in [0.4, 0.5) is 0 Å². The van der Waals surface area contributed by atoms with Crippen molar-refractivity contribution in [1.82, 2.24) is 14.5 Å². The van der Waals surface area contributed by atoms with Gasteiger partial charge in [-0.05, 0) is 18.6 Å². The Bertz CT molecular complexity index is 392. The van der Waals surface area contributed by atoms with Crippen LogP contribution in [0.1, 0.15) is 19.0 Å². The van der Waals surface area contributed by atoms with E-state index < -0.39 is 0 Å². The van der Waals surface area contributed by atoms with Crippen molar-refractivity contribution in [3.8, 4) is 0 Å². The van der Waals surface area contributed by atoms with E-state index in [0.717, 1.165) is 12.1 Å². The molecule has 0 saturated carbocycles. The first-order chi connectivity index (χ1) is 7.06. The molecule has 15 heavy (non-hydrogen) atoms. The number of aromatic nitrogens is 2. The van der Waals surface area contributed by atoms with Gasteiger partial charge in [-0.1, -0.05) is 6.92 Å². The fourth-order valence-electron chi connectivity index (χ4n) is 1.40. The van der Waals surface area contributed by atoms with Gasteiger partial charge >= 0.3 is 0 Å². The number of aryl methyl sites for hydroxylation is 1. The van der Waals surface area contributed by atoms with E-state index in [1.807, 2.05) is 10.8 Å². The van der Waals surface area contributed by atoms with E-state index in [1.54, 1.807) is 19.0 Å². The average molecular weight is 227 g/mol. The summed E-state index contributed by atoms with van der Waals surface area (Å²) < 4.78 is 2.68. The molecule has 0 spiro atoms. The number of amides is 1. The summed E-state index contributed by atoms with van der Waals surface area (Å²) in [6.07, 6.45) is 3.32. The topological polar surface area (TPSA) is 41.0 Å². The normalized spacial score (nSPS) is 10.3. The van der Waals surface area contributed by atoms with Gasteiger partial charge < -0.3 is 14.5 Å². The van der Waals surface area contributed by atoms with Crippen molar-refractivity contribution in [2.24, 2.45) is 0 Å². The number of nitrogens with zero attached hydrogens (tertiary/aromatic N) is 2. The quantitative estimate of drug-likeness (QED) is 0.794. The maximum atomic E-state index is 11.4. The molecule has 1 aromatic rings. The summed E-state index contributed by atoms with van der Waals surface area (Å²) in [4.78, 5) is 16.0. The zero-order valence-corrected chi connectivity index (χ0v) is 10.2. The van der Waals surface area contributed by atoms with Gasteiger partial charge in [0.25, 0.3) is 0 Å². The van der Waals surface area contributed by atoms with Gasteiger partial charge in [0.2, 0.25) is 5.91 Å². The molecular formula is C10H17N3OS. The lowest BCUT2D eigenvalue weighted by molar-refractivity contribution is -0.128. The van der Waals surface area contributed by atoms with E-state index in [-0.39, 0.29) is 5.91 Å². The molecule has 1 amide bonds. The van der Waals surface area contributed by atoms with Crippen LogP contribution in [-0.4, -0.2) is 34.5 Å². The van der Waals surface area contributed by atoms with Crippen LogP contribution < -0.4 is 0 Å². The van der Waals surface area contributed by atoms with E-state index in [0.29, 0.717) is 17.7 Å². The number of hydrogen-bond acceptors (Lipinski definition) is 2. The Morgan fingerprint density at radius 3 is 2.80 bits per heavy atom. The van der Waals surface area contributed by atoms with Gasteiger partial charge in [0.15, 0.2) is 4.77 Å². The first-order valence-electron chi connectivity index (χ1n) is 5.03. The van der Waals surface area contributed by atoms with Crippen molar-refractivity contribution in [2.75, 3.05) is 14.1 Å². The van der Waals surface area contributed by atoms with Crippen molar-refractivity contribution in [2.45, 2.75) is 26.3 Å². The summed E-state index contributed by atoms with van der Waals surface area (Å²) in [7, 11) is 3.53. The molecule has 1 aromatic heterocycles. The fraction of sp³-hybridized carbons (Fsp3) is 0.600. The van der Waals surface area contributed by atoms with Gasteiger partial charge in [-0.25, -0.2) is 0 Å². The third-order valence-electron chi connectivity index (χ3n) is 2.36. The van der Waals surface area contributed by atoms with Crippen LogP contribution in [0.3, 0.4) is 0 Å². The highest BCUT2D eigenvalue weighted by molar-refractivity contribution is 7.71. The fourth-order valence-corrected chi connectivity index (χ4v) is 1.67. The second-order valence-corrected chi connectivity index (χ2v) is 4.02. The van der Waals surface area contributed by atoms with E-state index in [4.69, 9.17) is 12.2 Å². The Hall–Kier alpha value is -1.10. The zero-order valence-electron chi connectivity index (χ0n) is 9.41. The van der Waals surface area contributed by atoms with Crippen LogP contribution in [0.15, 0.2) is 6.20 Å². The lowest BCUT2D eigenvalue weighted by Crippen LogP contribution is -2.23. The molecule has 5 heteroatoms. The summed E-state index contributed by atoms with van der Waals surface area (Å²) in [5.74, 6) is 0.125. The van der Waals surface area contributed by atoms with Gasteiger partial charge in [-0.15, -0.1) is 0 Å². The molecule has 0 aliphatic heterocycles. The number of carbonyl (C=O) groups is 1. The largest absolute Gasteiger partial charge is 0.349 e. The Balaban J connectivity index is 2.68. The van der Waals surface area contributed by atoms with Crippen molar-refractivity contribution in [3.63, 3.8) is 0 Å². The SMILES string of the molecule is CCc1c[nH]c(=S)n1CCC(=O)N(C)C. The third kappa shape index (κ3) is 2.92. The molecule has 0 bridgehead atoms. The van der Waals surface area contributed by atoms with E-state index >= 15 is 0 Å². The number of aromatic amines is 1. The predicted molar refractivity (Wildman–Crippen MR) is 62.3 cm³/mol. The standard InChI is InChI=1S/C10H17N3OS/c1-4-8-7-11-10(15)13(8)6-5-9(14)12(2)3/h7H,4-6H2,1-3H3,(H,11,15). The molecule has 0 aromatic carbocycles. The number of hydrogen-bond donors (Lipinski definition) is 1. The lowest BCUT2D eigenvalue weighted by atomic mass is 10.3. The van der Waals surface area contributed by atoms with Crippen LogP contribution in [0, 0.1) is 4.77 Å².